The molecule has 1 aromatic rings. The molecule has 0 bridgehead atoms. The number of hydrogen-bond donors (Lipinski definition) is 2. The van der Waals surface area contributed by atoms with Crippen LogP contribution in [0.15, 0.2) is 18.2 Å². The third-order valence-corrected chi connectivity index (χ3v) is 3.98. The molecule has 0 saturated heterocycles. The molecule has 2 N–H and O–H groups in total. The highest BCUT2D eigenvalue weighted by atomic mass is 16.5. The van der Waals surface area contributed by atoms with Gasteiger partial charge in [-0.2, -0.15) is 0 Å². The Hall–Kier alpha value is -1.91. The highest BCUT2D eigenvalue weighted by molar-refractivity contribution is 5.74. The van der Waals surface area contributed by atoms with E-state index < -0.39 is 0 Å². The molecule has 0 spiro atoms. The highest BCUT2D eigenvalue weighted by Gasteiger charge is 2.15. The maximum Gasteiger partial charge on any atom is 0.315 e. The molecule has 128 valence electrons. The zero-order chi connectivity index (χ0) is 16.7. The van der Waals surface area contributed by atoms with Crippen LogP contribution in [0.2, 0.25) is 0 Å². The number of amides is 2. The summed E-state index contributed by atoms with van der Waals surface area (Å²) in [4.78, 5) is 12.0. The second-order valence-corrected chi connectivity index (χ2v) is 6.31. The first kappa shape index (κ1) is 17.4. The predicted molar refractivity (Wildman–Crippen MR) is 91.0 cm³/mol. The summed E-state index contributed by atoms with van der Waals surface area (Å²) in [5, 5.41) is 5.96. The van der Waals surface area contributed by atoms with Crippen molar-refractivity contribution in [2.45, 2.75) is 64.6 Å². The topological polar surface area (TPSA) is 59.6 Å². The van der Waals surface area contributed by atoms with Crippen LogP contribution in [0.25, 0.3) is 0 Å². The van der Waals surface area contributed by atoms with Crippen molar-refractivity contribution in [1.29, 1.82) is 0 Å². The van der Waals surface area contributed by atoms with Gasteiger partial charge in [-0.1, -0.05) is 25.3 Å². The Morgan fingerprint density at radius 1 is 1.22 bits per heavy atom. The van der Waals surface area contributed by atoms with E-state index in [1.54, 1.807) is 7.11 Å². The van der Waals surface area contributed by atoms with Crippen molar-refractivity contribution in [1.82, 2.24) is 10.6 Å². The molecular formula is C18H28N2O3. The second-order valence-electron chi connectivity index (χ2n) is 6.31. The molecule has 23 heavy (non-hydrogen) atoms. The van der Waals surface area contributed by atoms with Gasteiger partial charge in [0.15, 0.2) is 11.5 Å². The quantitative estimate of drug-likeness (QED) is 0.841. The molecule has 1 aromatic carbocycles. The van der Waals surface area contributed by atoms with E-state index >= 15 is 0 Å². The van der Waals surface area contributed by atoms with Crippen molar-refractivity contribution in [2.75, 3.05) is 7.11 Å². The largest absolute Gasteiger partial charge is 0.493 e. The predicted octanol–water partition coefficient (Wildman–Crippen LogP) is 3.61. The van der Waals surface area contributed by atoms with Crippen LogP contribution in [0.5, 0.6) is 11.5 Å². The first-order valence-corrected chi connectivity index (χ1v) is 8.46. The normalized spacial score (nSPS) is 15.3. The molecule has 0 aliphatic heterocycles. The molecule has 2 rings (SSSR count). The van der Waals surface area contributed by atoms with Crippen LogP contribution in [0.4, 0.5) is 4.79 Å². The zero-order valence-corrected chi connectivity index (χ0v) is 14.4. The summed E-state index contributed by atoms with van der Waals surface area (Å²) < 4.78 is 11.1. The molecule has 0 heterocycles. The average molecular weight is 320 g/mol. The lowest BCUT2D eigenvalue weighted by Crippen LogP contribution is -2.42. The van der Waals surface area contributed by atoms with Gasteiger partial charge in [0.05, 0.1) is 13.2 Å². The van der Waals surface area contributed by atoms with E-state index in [0.717, 1.165) is 24.2 Å². The summed E-state index contributed by atoms with van der Waals surface area (Å²) in [6.07, 6.45) is 5.96. The molecule has 5 heteroatoms. The lowest BCUT2D eigenvalue weighted by Gasteiger charge is -2.23. The van der Waals surface area contributed by atoms with E-state index in [2.05, 4.69) is 10.6 Å². The monoisotopic (exact) mass is 320 g/mol. The molecule has 1 aliphatic carbocycles. The third kappa shape index (κ3) is 5.66. The molecule has 0 aromatic heterocycles. The zero-order valence-electron chi connectivity index (χ0n) is 14.4. The fourth-order valence-corrected chi connectivity index (χ4v) is 2.84. The fraction of sp³-hybridized carbons (Fsp3) is 0.611. The highest BCUT2D eigenvalue weighted by Crippen LogP contribution is 2.28. The number of urea groups is 1. The van der Waals surface area contributed by atoms with Crippen LogP contribution in [-0.2, 0) is 6.54 Å². The van der Waals surface area contributed by atoms with Gasteiger partial charge < -0.3 is 20.1 Å². The number of rotatable bonds is 6. The molecule has 0 atom stereocenters. The Morgan fingerprint density at radius 3 is 2.61 bits per heavy atom. The Labute approximate surface area is 138 Å². The van der Waals surface area contributed by atoms with Crippen LogP contribution >= 0.6 is 0 Å². The molecule has 1 saturated carbocycles. The van der Waals surface area contributed by atoms with Crippen molar-refractivity contribution in [3.05, 3.63) is 23.8 Å². The number of hydrogen-bond acceptors (Lipinski definition) is 3. The van der Waals surface area contributed by atoms with Crippen molar-refractivity contribution in [3.8, 4) is 11.5 Å². The molecule has 0 radical (unpaired) electrons. The van der Waals surface area contributed by atoms with Crippen molar-refractivity contribution in [2.24, 2.45) is 0 Å². The molecule has 1 fully saturated rings. The van der Waals surface area contributed by atoms with Crippen molar-refractivity contribution in [3.63, 3.8) is 0 Å². The van der Waals surface area contributed by atoms with E-state index in [-0.39, 0.29) is 12.1 Å². The minimum absolute atomic E-state index is 0.0918. The summed E-state index contributed by atoms with van der Waals surface area (Å²) in [5.41, 5.74) is 0.983. The number of methoxy groups -OCH3 is 1. The van der Waals surface area contributed by atoms with Crippen molar-refractivity contribution >= 4 is 6.03 Å². The Kier molecular flexibility index (Phi) is 6.56. The SMILES string of the molecule is COc1cc(CNC(=O)NC2CCCCC2)ccc1OC(C)C. The maximum atomic E-state index is 12.0. The number of ether oxygens (including phenoxy) is 2. The Balaban J connectivity index is 1.85. The van der Waals surface area contributed by atoms with Gasteiger partial charge in [-0.25, -0.2) is 4.79 Å². The molecule has 2 amide bonds. The molecule has 0 unspecified atom stereocenters. The van der Waals surface area contributed by atoms with Crippen LogP contribution in [0.3, 0.4) is 0 Å². The smallest absolute Gasteiger partial charge is 0.315 e. The molecular weight excluding hydrogens is 292 g/mol. The Bertz CT molecular complexity index is 511. The summed E-state index contributed by atoms with van der Waals surface area (Å²) >= 11 is 0. The number of carbonyl (C=O) groups is 1. The van der Waals surface area contributed by atoms with Gasteiger partial charge in [0.1, 0.15) is 0 Å². The summed E-state index contributed by atoms with van der Waals surface area (Å²) in [7, 11) is 1.62. The second kappa shape index (κ2) is 8.65. The fourth-order valence-electron chi connectivity index (χ4n) is 2.84. The lowest BCUT2D eigenvalue weighted by molar-refractivity contribution is 0.230. The lowest BCUT2D eigenvalue weighted by atomic mass is 9.96. The minimum Gasteiger partial charge on any atom is -0.493 e. The summed E-state index contributed by atoms with van der Waals surface area (Å²) in [6, 6.07) is 5.95. The van der Waals surface area contributed by atoms with E-state index in [4.69, 9.17) is 9.47 Å². The molecule has 1 aliphatic rings. The Morgan fingerprint density at radius 2 is 1.96 bits per heavy atom. The standard InChI is InChI=1S/C18H28N2O3/c1-13(2)23-16-10-9-14(11-17(16)22-3)12-19-18(21)20-15-7-5-4-6-8-15/h9-11,13,15H,4-8,12H2,1-3H3,(H2,19,20,21). The average Bonchev–Trinajstić information content (AvgIpc) is 2.54. The van der Waals surface area contributed by atoms with Crippen LogP contribution in [-0.4, -0.2) is 25.3 Å². The third-order valence-electron chi connectivity index (χ3n) is 3.98. The summed E-state index contributed by atoms with van der Waals surface area (Å²) in [6.45, 7) is 4.42. The first-order chi connectivity index (χ1) is 11.1. The first-order valence-electron chi connectivity index (χ1n) is 8.46. The van der Waals surface area contributed by atoms with Gasteiger partial charge in [-0.15, -0.1) is 0 Å². The van der Waals surface area contributed by atoms with Crippen LogP contribution in [0.1, 0.15) is 51.5 Å². The summed E-state index contributed by atoms with van der Waals surface area (Å²) in [5.74, 6) is 1.41. The van der Waals surface area contributed by atoms with Gasteiger partial charge in [0.2, 0.25) is 0 Å². The number of carbonyl (C=O) groups excluding carboxylic acids is 1. The van der Waals surface area contributed by atoms with Crippen LogP contribution in [0, 0.1) is 0 Å². The van der Waals surface area contributed by atoms with E-state index in [1.165, 1.54) is 19.3 Å². The van der Waals surface area contributed by atoms with E-state index in [9.17, 15) is 4.79 Å². The number of benzene rings is 1. The van der Waals surface area contributed by atoms with Gasteiger partial charge in [-0.05, 0) is 44.4 Å². The minimum atomic E-state index is -0.0987. The van der Waals surface area contributed by atoms with Gasteiger partial charge in [0.25, 0.3) is 0 Å². The van der Waals surface area contributed by atoms with Gasteiger partial charge >= 0.3 is 6.03 Å². The number of nitrogens with one attached hydrogen (secondary N) is 2. The van der Waals surface area contributed by atoms with Gasteiger partial charge in [0, 0.05) is 12.6 Å². The van der Waals surface area contributed by atoms with E-state index in [0.29, 0.717) is 18.3 Å². The van der Waals surface area contributed by atoms with Gasteiger partial charge in [-0.3, -0.25) is 0 Å². The van der Waals surface area contributed by atoms with E-state index in [1.807, 2.05) is 32.0 Å². The van der Waals surface area contributed by atoms with Crippen molar-refractivity contribution < 1.29 is 14.3 Å². The maximum absolute atomic E-state index is 12.0. The molecule has 5 nitrogen and oxygen atoms in total. The van der Waals surface area contributed by atoms with Crippen LogP contribution < -0.4 is 20.1 Å².